The van der Waals surface area contributed by atoms with Gasteiger partial charge in [0.1, 0.15) is 0 Å². The van der Waals surface area contributed by atoms with Gasteiger partial charge in [-0.05, 0) is 24.1 Å². The van der Waals surface area contributed by atoms with Gasteiger partial charge in [-0.2, -0.15) is 0 Å². The molecule has 1 aromatic rings. The second-order valence-electron chi connectivity index (χ2n) is 4.66. The second-order valence-corrected chi connectivity index (χ2v) is 4.66. The molecule has 1 aliphatic rings. The smallest absolute Gasteiger partial charge is 0.339 e. The molecule has 5 nitrogen and oxygen atoms in total. The van der Waals surface area contributed by atoms with E-state index in [-0.39, 0.29) is 0 Å². The molecule has 0 radical (unpaired) electrons. The number of hydrogen-bond acceptors (Lipinski definition) is 5. The number of nitrogens with zero attached hydrogens (tertiary/aromatic N) is 1. The zero-order chi connectivity index (χ0) is 13.7. The lowest BCUT2D eigenvalue weighted by molar-refractivity contribution is 0.0601. The molecule has 19 heavy (non-hydrogen) atoms. The van der Waals surface area contributed by atoms with Gasteiger partial charge in [0.05, 0.1) is 19.3 Å². The van der Waals surface area contributed by atoms with Crippen molar-refractivity contribution in [1.82, 2.24) is 4.90 Å². The van der Waals surface area contributed by atoms with E-state index in [4.69, 9.17) is 15.2 Å². The number of carbonyl (C=O) groups excluding carboxylic acids is 1. The minimum absolute atomic E-state index is 0.390. The van der Waals surface area contributed by atoms with Crippen molar-refractivity contribution < 1.29 is 14.3 Å². The van der Waals surface area contributed by atoms with Crippen LogP contribution in [0.4, 0.5) is 5.69 Å². The van der Waals surface area contributed by atoms with Gasteiger partial charge in [0.25, 0.3) is 0 Å². The molecule has 0 saturated carbocycles. The average Bonchev–Trinajstić information content (AvgIpc) is 2.68. The van der Waals surface area contributed by atoms with Crippen LogP contribution in [-0.2, 0) is 16.0 Å². The Labute approximate surface area is 113 Å². The first-order valence-electron chi connectivity index (χ1n) is 6.47. The van der Waals surface area contributed by atoms with Gasteiger partial charge in [-0.25, -0.2) is 4.79 Å². The monoisotopic (exact) mass is 264 g/mol. The zero-order valence-electron chi connectivity index (χ0n) is 11.2. The van der Waals surface area contributed by atoms with Crippen LogP contribution in [0.25, 0.3) is 0 Å². The summed E-state index contributed by atoms with van der Waals surface area (Å²) in [6.07, 6.45) is 1.04. The number of esters is 1. The first-order valence-corrected chi connectivity index (χ1v) is 6.47. The van der Waals surface area contributed by atoms with Crippen LogP contribution in [0.3, 0.4) is 0 Å². The standard InChI is InChI=1S/C14H20N2O3/c1-18-14(17)12-9-11(3-4-13(12)15)10-16-5-2-7-19-8-6-16/h3-4,9H,2,5-8,10,15H2,1H3. The Kier molecular flexibility index (Phi) is 4.76. The summed E-state index contributed by atoms with van der Waals surface area (Å²) in [7, 11) is 1.36. The summed E-state index contributed by atoms with van der Waals surface area (Å²) >= 11 is 0. The van der Waals surface area contributed by atoms with Crippen molar-refractivity contribution in [2.24, 2.45) is 0 Å². The average molecular weight is 264 g/mol. The van der Waals surface area contributed by atoms with Gasteiger partial charge in [0, 0.05) is 31.9 Å². The Morgan fingerprint density at radius 3 is 3.05 bits per heavy atom. The van der Waals surface area contributed by atoms with Crippen LogP contribution < -0.4 is 5.73 Å². The number of carbonyl (C=O) groups is 1. The number of ether oxygens (including phenoxy) is 2. The Balaban J connectivity index is 2.09. The fourth-order valence-corrected chi connectivity index (χ4v) is 2.20. The fourth-order valence-electron chi connectivity index (χ4n) is 2.20. The summed E-state index contributed by atoms with van der Waals surface area (Å²) in [5.74, 6) is -0.390. The Morgan fingerprint density at radius 2 is 2.26 bits per heavy atom. The van der Waals surface area contributed by atoms with Crippen LogP contribution >= 0.6 is 0 Å². The van der Waals surface area contributed by atoms with Crippen LogP contribution in [-0.4, -0.2) is 44.3 Å². The highest BCUT2D eigenvalue weighted by atomic mass is 16.5. The van der Waals surface area contributed by atoms with Gasteiger partial charge in [-0.1, -0.05) is 6.07 Å². The van der Waals surface area contributed by atoms with E-state index in [2.05, 4.69) is 4.90 Å². The predicted molar refractivity (Wildman–Crippen MR) is 72.9 cm³/mol. The van der Waals surface area contributed by atoms with Crippen molar-refractivity contribution in [2.75, 3.05) is 39.1 Å². The molecule has 1 saturated heterocycles. The van der Waals surface area contributed by atoms with Gasteiger partial charge in [-0.3, -0.25) is 4.90 Å². The van der Waals surface area contributed by atoms with Crippen molar-refractivity contribution in [3.05, 3.63) is 29.3 Å². The van der Waals surface area contributed by atoms with Crippen LogP contribution in [0.15, 0.2) is 18.2 Å². The van der Waals surface area contributed by atoms with E-state index >= 15 is 0 Å². The highest BCUT2D eigenvalue weighted by Crippen LogP contribution is 2.17. The largest absolute Gasteiger partial charge is 0.465 e. The molecule has 0 amide bonds. The lowest BCUT2D eigenvalue weighted by Gasteiger charge is -2.19. The maximum absolute atomic E-state index is 11.6. The molecule has 1 fully saturated rings. The van der Waals surface area contributed by atoms with E-state index in [0.717, 1.165) is 44.8 Å². The fraction of sp³-hybridized carbons (Fsp3) is 0.500. The number of methoxy groups -OCH3 is 1. The Morgan fingerprint density at radius 1 is 1.42 bits per heavy atom. The quantitative estimate of drug-likeness (QED) is 0.658. The molecular formula is C14H20N2O3. The first-order chi connectivity index (χ1) is 9.20. The third kappa shape index (κ3) is 3.68. The molecule has 5 heteroatoms. The van der Waals surface area contributed by atoms with E-state index < -0.39 is 5.97 Å². The number of anilines is 1. The van der Waals surface area contributed by atoms with Gasteiger partial charge in [-0.15, -0.1) is 0 Å². The van der Waals surface area contributed by atoms with Crippen LogP contribution in [0.2, 0.25) is 0 Å². The molecule has 0 aromatic heterocycles. The minimum atomic E-state index is -0.390. The number of hydrogen-bond donors (Lipinski definition) is 1. The lowest BCUT2D eigenvalue weighted by Crippen LogP contribution is -2.26. The molecular weight excluding hydrogens is 244 g/mol. The third-order valence-electron chi connectivity index (χ3n) is 3.24. The second kappa shape index (κ2) is 6.54. The van der Waals surface area contributed by atoms with Crippen molar-refractivity contribution in [1.29, 1.82) is 0 Å². The number of nitrogens with two attached hydrogens (primary N) is 1. The molecule has 1 heterocycles. The van der Waals surface area contributed by atoms with Crippen molar-refractivity contribution in [2.45, 2.75) is 13.0 Å². The summed E-state index contributed by atoms with van der Waals surface area (Å²) in [6, 6.07) is 5.52. The molecule has 0 bridgehead atoms. The molecule has 0 aliphatic carbocycles. The van der Waals surface area contributed by atoms with Gasteiger partial charge in [0.2, 0.25) is 0 Å². The SMILES string of the molecule is COC(=O)c1cc(CN2CCCOCC2)ccc1N. The third-order valence-corrected chi connectivity index (χ3v) is 3.24. The Bertz CT molecular complexity index is 440. The first kappa shape index (κ1) is 13.8. The minimum Gasteiger partial charge on any atom is -0.465 e. The van der Waals surface area contributed by atoms with Crippen LogP contribution in [0.5, 0.6) is 0 Å². The summed E-state index contributed by atoms with van der Waals surface area (Å²) in [6.45, 7) is 4.31. The normalized spacial score (nSPS) is 16.9. The van der Waals surface area contributed by atoms with E-state index in [1.807, 2.05) is 12.1 Å². The van der Waals surface area contributed by atoms with Gasteiger partial charge < -0.3 is 15.2 Å². The number of nitrogen functional groups attached to an aromatic ring is 1. The number of benzene rings is 1. The van der Waals surface area contributed by atoms with E-state index in [9.17, 15) is 4.79 Å². The predicted octanol–water partition coefficient (Wildman–Crippen LogP) is 1.28. The van der Waals surface area contributed by atoms with Crippen molar-refractivity contribution >= 4 is 11.7 Å². The van der Waals surface area contributed by atoms with Gasteiger partial charge >= 0.3 is 5.97 Å². The van der Waals surface area contributed by atoms with Crippen LogP contribution in [0, 0.1) is 0 Å². The molecule has 2 N–H and O–H groups in total. The Hall–Kier alpha value is -1.59. The maximum atomic E-state index is 11.6. The van der Waals surface area contributed by atoms with E-state index in [0.29, 0.717) is 11.3 Å². The lowest BCUT2D eigenvalue weighted by atomic mass is 10.1. The molecule has 0 unspecified atom stereocenters. The van der Waals surface area contributed by atoms with E-state index in [1.165, 1.54) is 7.11 Å². The van der Waals surface area contributed by atoms with Gasteiger partial charge in [0.15, 0.2) is 0 Å². The molecule has 2 rings (SSSR count). The summed E-state index contributed by atoms with van der Waals surface area (Å²) < 4.78 is 10.2. The number of rotatable bonds is 3. The molecule has 0 spiro atoms. The summed E-state index contributed by atoms with van der Waals surface area (Å²) in [5.41, 5.74) is 7.75. The maximum Gasteiger partial charge on any atom is 0.339 e. The molecule has 1 aliphatic heterocycles. The highest BCUT2D eigenvalue weighted by molar-refractivity contribution is 5.95. The highest BCUT2D eigenvalue weighted by Gasteiger charge is 2.13. The van der Waals surface area contributed by atoms with E-state index in [1.54, 1.807) is 6.07 Å². The topological polar surface area (TPSA) is 64.8 Å². The summed E-state index contributed by atoms with van der Waals surface area (Å²) in [4.78, 5) is 13.9. The summed E-state index contributed by atoms with van der Waals surface area (Å²) in [5, 5.41) is 0. The molecule has 0 atom stereocenters. The van der Waals surface area contributed by atoms with Crippen molar-refractivity contribution in [3.8, 4) is 0 Å². The zero-order valence-corrected chi connectivity index (χ0v) is 11.2. The molecule has 1 aromatic carbocycles. The van der Waals surface area contributed by atoms with Crippen LogP contribution in [0.1, 0.15) is 22.3 Å². The molecule has 104 valence electrons. The van der Waals surface area contributed by atoms with Crippen molar-refractivity contribution in [3.63, 3.8) is 0 Å².